The first-order valence-electron chi connectivity index (χ1n) is 9.31. The molecule has 0 aliphatic carbocycles. The SMILES string of the molecule is CC1(C)OB(c2cccc3nn(C[C@H](O)c4ccccc4)cc23)OC1(C)C. The predicted molar refractivity (Wildman–Crippen MR) is 107 cm³/mol. The molecule has 0 spiro atoms. The lowest BCUT2D eigenvalue weighted by Crippen LogP contribution is -2.41. The van der Waals surface area contributed by atoms with Gasteiger partial charge in [-0.3, -0.25) is 4.68 Å². The summed E-state index contributed by atoms with van der Waals surface area (Å²) < 4.78 is 14.2. The quantitative estimate of drug-likeness (QED) is 0.723. The van der Waals surface area contributed by atoms with Crippen LogP contribution in [0, 0.1) is 0 Å². The van der Waals surface area contributed by atoms with Crippen molar-refractivity contribution in [2.45, 2.75) is 51.5 Å². The Morgan fingerprint density at radius 3 is 2.33 bits per heavy atom. The van der Waals surface area contributed by atoms with E-state index in [-0.39, 0.29) is 11.2 Å². The second-order valence-corrected chi connectivity index (χ2v) is 8.15. The molecule has 0 unspecified atom stereocenters. The summed E-state index contributed by atoms with van der Waals surface area (Å²) in [5.74, 6) is 0. The number of aliphatic hydroxyl groups is 1. The summed E-state index contributed by atoms with van der Waals surface area (Å²) in [4.78, 5) is 0. The van der Waals surface area contributed by atoms with E-state index < -0.39 is 13.2 Å². The average molecular weight is 364 g/mol. The number of aliphatic hydroxyl groups excluding tert-OH is 1. The first-order chi connectivity index (χ1) is 12.8. The molecule has 1 atom stereocenters. The van der Waals surface area contributed by atoms with Gasteiger partial charge in [0.1, 0.15) is 0 Å². The van der Waals surface area contributed by atoms with Crippen molar-refractivity contribution in [3.63, 3.8) is 0 Å². The highest BCUT2D eigenvalue weighted by atomic mass is 16.7. The van der Waals surface area contributed by atoms with E-state index >= 15 is 0 Å². The van der Waals surface area contributed by atoms with Gasteiger partial charge in [0.15, 0.2) is 0 Å². The molecule has 27 heavy (non-hydrogen) atoms. The fourth-order valence-electron chi connectivity index (χ4n) is 3.34. The maximum absolute atomic E-state index is 10.5. The standard InChI is InChI=1S/C21H25BN2O3/c1-20(2)21(3,4)27-22(26-20)17-11-8-12-18-16(17)13-24(23-18)14-19(25)15-9-6-5-7-10-15/h5-13,19,25H,14H2,1-4H3/t19-/m0/s1. The zero-order valence-corrected chi connectivity index (χ0v) is 16.2. The third-order valence-corrected chi connectivity index (χ3v) is 5.68. The van der Waals surface area contributed by atoms with Gasteiger partial charge in [-0.05, 0) is 44.8 Å². The Labute approximate surface area is 160 Å². The molecule has 1 aromatic heterocycles. The lowest BCUT2D eigenvalue weighted by molar-refractivity contribution is 0.00578. The minimum atomic E-state index is -0.610. The summed E-state index contributed by atoms with van der Waals surface area (Å²) in [5.41, 5.74) is 1.93. The van der Waals surface area contributed by atoms with Crippen LogP contribution in [-0.2, 0) is 15.9 Å². The fraction of sp³-hybridized carbons (Fsp3) is 0.381. The normalized spacial score (nSPS) is 19.5. The van der Waals surface area contributed by atoms with E-state index in [4.69, 9.17) is 9.31 Å². The van der Waals surface area contributed by atoms with Gasteiger partial charge in [0.25, 0.3) is 0 Å². The smallest absolute Gasteiger partial charge is 0.399 e. The minimum absolute atomic E-state index is 0.390. The highest BCUT2D eigenvalue weighted by molar-refractivity contribution is 6.65. The molecule has 0 amide bonds. The molecule has 1 aliphatic heterocycles. The minimum Gasteiger partial charge on any atom is -0.399 e. The Balaban J connectivity index is 1.63. The summed E-state index contributed by atoms with van der Waals surface area (Å²) in [7, 11) is -0.435. The number of hydrogen-bond acceptors (Lipinski definition) is 4. The second kappa shape index (κ2) is 6.48. The van der Waals surface area contributed by atoms with E-state index in [0.717, 1.165) is 21.9 Å². The van der Waals surface area contributed by atoms with Crippen molar-refractivity contribution < 1.29 is 14.4 Å². The van der Waals surface area contributed by atoms with Crippen LogP contribution in [-0.4, -0.2) is 33.2 Å². The van der Waals surface area contributed by atoms with Crippen molar-refractivity contribution in [1.29, 1.82) is 0 Å². The van der Waals surface area contributed by atoms with Gasteiger partial charge < -0.3 is 14.4 Å². The summed E-state index contributed by atoms with van der Waals surface area (Å²) in [6.07, 6.45) is 1.35. The maximum atomic E-state index is 10.5. The molecule has 1 saturated heterocycles. The van der Waals surface area contributed by atoms with Gasteiger partial charge in [0.2, 0.25) is 0 Å². The molecule has 0 saturated carbocycles. The molecule has 2 heterocycles. The van der Waals surface area contributed by atoms with Crippen molar-refractivity contribution >= 4 is 23.5 Å². The van der Waals surface area contributed by atoms with Crippen molar-refractivity contribution in [1.82, 2.24) is 9.78 Å². The lowest BCUT2D eigenvalue weighted by Gasteiger charge is -2.32. The van der Waals surface area contributed by atoms with Crippen LogP contribution in [0.4, 0.5) is 0 Å². The topological polar surface area (TPSA) is 56.5 Å². The molecule has 5 nitrogen and oxygen atoms in total. The molecule has 6 heteroatoms. The summed E-state index contributed by atoms with van der Waals surface area (Å²) in [6, 6.07) is 15.6. The van der Waals surface area contributed by atoms with E-state index in [2.05, 4.69) is 5.10 Å². The van der Waals surface area contributed by atoms with Crippen LogP contribution in [0.3, 0.4) is 0 Å². The van der Waals surface area contributed by atoms with Crippen LogP contribution in [0.25, 0.3) is 10.9 Å². The van der Waals surface area contributed by atoms with Gasteiger partial charge in [-0.15, -0.1) is 0 Å². The molecule has 4 rings (SSSR count). The molecule has 1 N–H and O–H groups in total. The zero-order chi connectivity index (χ0) is 19.2. The molecule has 0 bridgehead atoms. The summed E-state index contributed by atoms with van der Waals surface area (Å²) in [6.45, 7) is 8.58. The molecule has 2 aromatic carbocycles. The Morgan fingerprint density at radius 2 is 1.67 bits per heavy atom. The monoisotopic (exact) mass is 364 g/mol. The van der Waals surface area contributed by atoms with Gasteiger partial charge in [0.05, 0.1) is 29.4 Å². The summed E-state index contributed by atoms with van der Waals surface area (Å²) >= 11 is 0. The van der Waals surface area contributed by atoms with E-state index in [1.165, 1.54) is 0 Å². The first kappa shape index (κ1) is 18.2. The van der Waals surface area contributed by atoms with Gasteiger partial charge >= 0.3 is 7.12 Å². The predicted octanol–water partition coefficient (Wildman–Crippen LogP) is 3.07. The molecular formula is C21H25BN2O3. The van der Waals surface area contributed by atoms with Crippen molar-refractivity contribution in [2.24, 2.45) is 0 Å². The number of aromatic nitrogens is 2. The first-order valence-corrected chi connectivity index (χ1v) is 9.31. The van der Waals surface area contributed by atoms with Gasteiger partial charge in [0, 0.05) is 11.6 Å². The second-order valence-electron chi connectivity index (χ2n) is 8.15. The van der Waals surface area contributed by atoms with Crippen LogP contribution in [0.5, 0.6) is 0 Å². The zero-order valence-electron chi connectivity index (χ0n) is 16.2. The van der Waals surface area contributed by atoms with Gasteiger partial charge in [-0.1, -0.05) is 42.5 Å². The molecule has 140 valence electrons. The van der Waals surface area contributed by atoms with Crippen LogP contribution >= 0.6 is 0 Å². The number of rotatable bonds is 4. The Morgan fingerprint density at radius 1 is 1.00 bits per heavy atom. The van der Waals surface area contributed by atoms with Crippen molar-refractivity contribution in [2.75, 3.05) is 0 Å². The van der Waals surface area contributed by atoms with Crippen molar-refractivity contribution in [3.8, 4) is 0 Å². The van der Waals surface area contributed by atoms with E-state index in [1.807, 2.05) is 82.4 Å². The number of nitrogens with zero attached hydrogens (tertiary/aromatic N) is 2. The maximum Gasteiger partial charge on any atom is 0.495 e. The van der Waals surface area contributed by atoms with Crippen LogP contribution in [0.2, 0.25) is 0 Å². The van der Waals surface area contributed by atoms with Crippen molar-refractivity contribution in [3.05, 3.63) is 60.3 Å². The van der Waals surface area contributed by atoms with Gasteiger partial charge in [-0.25, -0.2) is 0 Å². The fourth-order valence-corrected chi connectivity index (χ4v) is 3.34. The third-order valence-electron chi connectivity index (χ3n) is 5.68. The molecule has 3 aromatic rings. The highest BCUT2D eigenvalue weighted by Crippen LogP contribution is 2.37. The highest BCUT2D eigenvalue weighted by Gasteiger charge is 2.52. The van der Waals surface area contributed by atoms with Gasteiger partial charge in [-0.2, -0.15) is 5.10 Å². The van der Waals surface area contributed by atoms with Crippen LogP contribution in [0.1, 0.15) is 39.4 Å². The lowest BCUT2D eigenvalue weighted by atomic mass is 9.77. The Kier molecular flexibility index (Phi) is 4.37. The van der Waals surface area contributed by atoms with E-state index in [0.29, 0.717) is 6.54 Å². The average Bonchev–Trinajstić information content (AvgIpc) is 3.12. The van der Waals surface area contributed by atoms with Crippen LogP contribution < -0.4 is 5.46 Å². The largest absolute Gasteiger partial charge is 0.495 e. The third kappa shape index (κ3) is 3.29. The number of hydrogen-bond donors (Lipinski definition) is 1. The molecule has 1 aliphatic rings. The Hall–Kier alpha value is -2.15. The van der Waals surface area contributed by atoms with E-state index in [1.54, 1.807) is 4.68 Å². The summed E-state index contributed by atoms with van der Waals surface area (Å²) in [5, 5.41) is 16.1. The number of fused-ring (bicyclic) bond motifs is 1. The molecule has 0 radical (unpaired) electrons. The molecular weight excluding hydrogens is 339 g/mol. The Bertz CT molecular complexity index is 936. The van der Waals surface area contributed by atoms with E-state index in [9.17, 15) is 5.11 Å². The molecule has 1 fully saturated rings. The van der Waals surface area contributed by atoms with Crippen LogP contribution in [0.15, 0.2) is 54.7 Å². The number of benzene rings is 2.